The monoisotopic (exact) mass is 778 g/mol. The van der Waals surface area contributed by atoms with Crippen molar-refractivity contribution < 1.29 is 0 Å². The molecule has 12 rings (SSSR count). The third kappa shape index (κ3) is 5.28. The molecule has 9 aromatic carbocycles. The first-order valence-corrected chi connectivity index (χ1v) is 21.3. The minimum Gasteiger partial charge on any atom is -0.228 e. The predicted molar refractivity (Wildman–Crippen MR) is 254 cm³/mol. The highest BCUT2D eigenvalue weighted by Crippen LogP contribution is 2.54. The molecule has 0 fully saturated rings. The lowest BCUT2D eigenvalue weighted by atomic mass is 9.74. The van der Waals surface area contributed by atoms with Gasteiger partial charge in [-0.2, -0.15) is 0 Å². The number of nitrogens with zero attached hydrogens (tertiary/aromatic N) is 2. The summed E-state index contributed by atoms with van der Waals surface area (Å²) in [7, 11) is 0. The zero-order valence-electron chi connectivity index (χ0n) is 34.4. The minimum absolute atomic E-state index is 0.0971. The van der Waals surface area contributed by atoms with Crippen molar-refractivity contribution in [2.75, 3.05) is 0 Å². The second kappa shape index (κ2) is 13.3. The molecule has 0 amide bonds. The first-order chi connectivity index (χ1) is 29.9. The molecule has 0 saturated carbocycles. The summed E-state index contributed by atoms with van der Waals surface area (Å²) in [6.07, 6.45) is 0. The van der Waals surface area contributed by atoms with Gasteiger partial charge in [0, 0.05) is 27.5 Å². The Morgan fingerprint density at radius 2 is 0.951 bits per heavy atom. The lowest BCUT2D eigenvalue weighted by Crippen LogP contribution is -2.22. The average molecular weight is 779 g/mol. The van der Waals surface area contributed by atoms with Crippen molar-refractivity contribution in [2.45, 2.75) is 31.6 Å². The fourth-order valence-corrected chi connectivity index (χ4v) is 10.7. The van der Waals surface area contributed by atoms with Crippen LogP contribution < -0.4 is 0 Å². The smallest absolute Gasteiger partial charge is 0.160 e. The maximum Gasteiger partial charge on any atom is 0.160 e. The largest absolute Gasteiger partial charge is 0.228 e. The summed E-state index contributed by atoms with van der Waals surface area (Å²) < 4.78 is 0. The molecule has 2 aliphatic rings. The first-order valence-electron chi connectivity index (χ1n) is 21.3. The van der Waals surface area contributed by atoms with E-state index < -0.39 is 0 Å². The molecule has 0 N–H and O–H groups in total. The SMILES string of the molecule is CC1(C)c2ccc(-c3ccc(-c4cc(-c5ccc6c(c5)C(C)(c5ccccc5)c5ccccc5-6)nc(-c5ccccc5)n4)c4ccccc34)cc2-c2ccc3ccccc3c21. The molecule has 0 aliphatic heterocycles. The number of rotatable bonds is 5. The van der Waals surface area contributed by atoms with E-state index in [0.29, 0.717) is 5.82 Å². The molecule has 0 saturated heterocycles. The van der Waals surface area contributed by atoms with Gasteiger partial charge in [0.25, 0.3) is 0 Å². The summed E-state index contributed by atoms with van der Waals surface area (Å²) >= 11 is 0. The van der Waals surface area contributed by atoms with Gasteiger partial charge in [-0.05, 0) is 108 Å². The van der Waals surface area contributed by atoms with Gasteiger partial charge in [-0.1, -0.05) is 196 Å². The highest BCUT2D eigenvalue weighted by atomic mass is 14.9. The van der Waals surface area contributed by atoms with Crippen molar-refractivity contribution in [3.63, 3.8) is 0 Å². The molecule has 2 aliphatic carbocycles. The maximum atomic E-state index is 5.33. The van der Waals surface area contributed by atoms with E-state index in [1.165, 1.54) is 77.4 Å². The van der Waals surface area contributed by atoms with E-state index in [2.05, 4.69) is 215 Å². The molecular weight excluding hydrogens is 737 g/mol. The Kier molecular flexibility index (Phi) is 7.74. The number of aromatic nitrogens is 2. The van der Waals surface area contributed by atoms with Gasteiger partial charge in [-0.3, -0.25) is 0 Å². The molecule has 288 valence electrons. The van der Waals surface area contributed by atoms with Crippen LogP contribution in [-0.2, 0) is 10.8 Å². The lowest BCUT2D eigenvalue weighted by Gasteiger charge is -2.28. The Hall–Kier alpha value is -7.42. The van der Waals surface area contributed by atoms with Crippen molar-refractivity contribution in [3.8, 4) is 67.3 Å². The molecule has 0 spiro atoms. The Morgan fingerprint density at radius 3 is 1.77 bits per heavy atom. The first kappa shape index (κ1) is 35.5. The predicted octanol–water partition coefficient (Wildman–Crippen LogP) is 15.1. The minimum atomic E-state index is -0.309. The topological polar surface area (TPSA) is 25.8 Å². The average Bonchev–Trinajstić information content (AvgIpc) is 3.72. The van der Waals surface area contributed by atoms with E-state index in [9.17, 15) is 0 Å². The fraction of sp³-hybridized carbons (Fsp3) is 0.0847. The van der Waals surface area contributed by atoms with Crippen LogP contribution in [0.3, 0.4) is 0 Å². The summed E-state index contributed by atoms with van der Waals surface area (Å²) in [6.45, 7) is 7.11. The zero-order chi connectivity index (χ0) is 40.9. The van der Waals surface area contributed by atoms with Crippen LogP contribution >= 0.6 is 0 Å². The summed E-state index contributed by atoms with van der Waals surface area (Å²) in [6, 6.07) is 73.1. The van der Waals surface area contributed by atoms with Crippen LogP contribution in [0, 0.1) is 0 Å². The standard InChI is InChI=1S/C59H42N2/c1-58(2)51-33-28-39(34-50(51)49-30-26-37-16-10-11-21-43(37)56(49)58)42-31-32-48(45-23-13-12-22-44(42)45)55-36-54(60-57(61-55)38-17-6-4-7-18-38)40-27-29-47-46-24-14-15-25-52(46)59(3,53(47)35-40)41-19-8-5-9-20-41/h4-36H,1-3H3. The molecule has 0 bridgehead atoms. The molecule has 1 heterocycles. The van der Waals surface area contributed by atoms with Gasteiger partial charge < -0.3 is 0 Å². The van der Waals surface area contributed by atoms with E-state index in [1.807, 2.05) is 6.07 Å². The molecule has 10 aromatic rings. The number of fused-ring (bicyclic) bond motifs is 9. The second-order valence-electron chi connectivity index (χ2n) is 17.4. The van der Waals surface area contributed by atoms with Crippen molar-refractivity contribution in [1.82, 2.24) is 9.97 Å². The van der Waals surface area contributed by atoms with Gasteiger partial charge in [-0.25, -0.2) is 9.97 Å². The molecule has 2 nitrogen and oxygen atoms in total. The van der Waals surface area contributed by atoms with Crippen LogP contribution in [0.15, 0.2) is 200 Å². The van der Waals surface area contributed by atoms with E-state index in [-0.39, 0.29) is 10.8 Å². The highest BCUT2D eigenvalue weighted by Gasteiger charge is 2.41. The van der Waals surface area contributed by atoms with Gasteiger partial charge >= 0.3 is 0 Å². The third-order valence-electron chi connectivity index (χ3n) is 13.8. The maximum absolute atomic E-state index is 5.33. The van der Waals surface area contributed by atoms with Crippen molar-refractivity contribution in [3.05, 3.63) is 228 Å². The van der Waals surface area contributed by atoms with Gasteiger partial charge in [0.2, 0.25) is 0 Å². The summed E-state index contributed by atoms with van der Waals surface area (Å²) in [4.78, 5) is 10.6. The van der Waals surface area contributed by atoms with Crippen molar-refractivity contribution in [1.29, 1.82) is 0 Å². The van der Waals surface area contributed by atoms with Crippen LogP contribution in [0.2, 0.25) is 0 Å². The van der Waals surface area contributed by atoms with Gasteiger partial charge in [0.05, 0.1) is 11.4 Å². The Bertz CT molecular complexity index is 3400. The Morgan fingerprint density at radius 1 is 0.344 bits per heavy atom. The zero-order valence-corrected chi connectivity index (χ0v) is 34.4. The van der Waals surface area contributed by atoms with Crippen molar-refractivity contribution in [2.24, 2.45) is 0 Å². The van der Waals surface area contributed by atoms with Crippen LogP contribution in [0.1, 0.15) is 48.6 Å². The van der Waals surface area contributed by atoms with E-state index >= 15 is 0 Å². The van der Waals surface area contributed by atoms with Crippen LogP contribution in [-0.4, -0.2) is 9.97 Å². The molecule has 1 unspecified atom stereocenters. The van der Waals surface area contributed by atoms with E-state index in [1.54, 1.807) is 0 Å². The van der Waals surface area contributed by atoms with Crippen LogP contribution in [0.25, 0.3) is 88.8 Å². The van der Waals surface area contributed by atoms with E-state index in [0.717, 1.165) is 33.5 Å². The Balaban J connectivity index is 1.02. The quantitative estimate of drug-likeness (QED) is 0.174. The molecule has 2 heteroatoms. The Labute approximate surface area is 356 Å². The molecule has 61 heavy (non-hydrogen) atoms. The van der Waals surface area contributed by atoms with E-state index in [4.69, 9.17) is 9.97 Å². The molecule has 1 aromatic heterocycles. The van der Waals surface area contributed by atoms with Crippen LogP contribution in [0.5, 0.6) is 0 Å². The van der Waals surface area contributed by atoms with Crippen LogP contribution in [0.4, 0.5) is 0 Å². The fourth-order valence-electron chi connectivity index (χ4n) is 10.7. The highest BCUT2D eigenvalue weighted by molar-refractivity contribution is 6.06. The number of hydrogen-bond acceptors (Lipinski definition) is 2. The third-order valence-corrected chi connectivity index (χ3v) is 13.8. The summed E-state index contributed by atoms with van der Waals surface area (Å²) in [5.74, 6) is 0.711. The number of hydrogen-bond donors (Lipinski definition) is 0. The summed E-state index contributed by atoms with van der Waals surface area (Å²) in [5.41, 5.74) is 18.9. The second-order valence-corrected chi connectivity index (χ2v) is 17.4. The van der Waals surface area contributed by atoms with Gasteiger partial charge in [0.15, 0.2) is 5.82 Å². The number of benzene rings is 9. The summed E-state index contributed by atoms with van der Waals surface area (Å²) in [5, 5.41) is 5.00. The molecular formula is C59H42N2. The lowest BCUT2D eigenvalue weighted by molar-refractivity contribution is 0.666. The van der Waals surface area contributed by atoms with Gasteiger partial charge in [-0.15, -0.1) is 0 Å². The van der Waals surface area contributed by atoms with Crippen molar-refractivity contribution >= 4 is 21.5 Å². The molecule has 1 atom stereocenters. The normalized spacial score (nSPS) is 15.7. The molecule has 0 radical (unpaired) electrons. The van der Waals surface area contributed by atoms with Gasteiger partial charge in [0.1, 0.15) is 0 Å².